The molecule has 1 aromatic heterocycles. The number of allylic oxidation sites excluding steroid dienone is 4. The van der Waals surface area contributed by atoms with Gasteiger partial charge in [-0.2, -0.15) is 0 Å². The number of hydrogen-bond donors (Lipinski definition) is 1. The molecule has 1 heterocycles. The van der Waals surface area contributed by atoms with Crippen LogP contribution >= 0.6 is 11.6 Å². The second kappa shape index (κ2) is 14.4. The van der Waals surface area contributed by atoms with Gasteiger partial charge in [0, 0.05) is 33.9 Å². The van der Waals surface area contributed by atoms with Gasteiger partial charge in [0.2, 0.25) is 0 Å². The molecule has 0 spiro atoms. The lowest BCUT2D eigenvalue weighted by Gasteiger charge is -2.15. The number of halogens is 4. The van der Waals surface area contributed by atoms with Crippen LogP contribution in [-0.4, -0.2) is 10.7 Å². The van der Waals surface area contributed by atoms with Crippen molar-refractivity contribution in [3.8, 4) is 0 Å². The van der Waals surface area contributed by atoms with E-state index in [0.717, 1.165) is 59.8 Å². The van der Waals surface area contributed by atoms with E-state index in [2.05, 4.69) is 57.6 Å². The molecule has 0 amide bonds. The Morgan fingerprint density at radius 1 is 1.03 bits per heavy atom. The normalized spacial score (nSPS) is 12.8. The lowest BCUT2D eigenvalue weighted by Crippen LogP contribution is -2.04. The molecule has 6 heteroatoms. The van der Waals surface area contributed by atoms with Crippen molar-refractivity contribution in [2.75, 3.05) is 0 Å². The molecule has 3 rings (SSSR count). The number of benzene rings is 2. The number of aromatic nitrogens is 1. The third-order valence-electron chi connectivity index (χ3n) is 6.78. The smallest absolute Gasteiger partial charge is 0.162 e. The van der Waals surface area contributed by atoms with Crippen LogP contribution < -0.4 is 0 Å². The van der Waals surface area contributed by atoms with Crippen LogP contribution in [0.3, 0.4) is 0 Å². The average Bonchev–Trinajstić information content (AvgIpc) is 3.21. The highest BCUT2D eigenvalue weighted by Gasteiger charge is 2.22. The number of aromatic amines is 1. The van der Waals surface area contributed by atoms with E-state index in [4.69, 9.17) is 11.6 Å². The second-order valence-electron chi connectivity index (χ2n) is 9.87. The van der Waals surface area contributed by atoms with Gasteiger partial charge < -0.3 is 4.98 Å². The van der Waals surface area contributed by atoms with Crippen LogP contribution in [0.2, 0.25) is 5.02 Å². The SMILES string of the molecule is CC/C=C(\C)N=C(C)C(C)=C(C)C.CCCCc1c(C(C)c2cccc(F)c2F)[nH]c2cc(F)c(Cl)cc12. The Kier molecular flexibility index (Phi) is 11.9. The largest absolute Gasteiger partial charge is 0.358 e. The van der Waals surface area contributed by atoms with Gasteiger partial charge in [-0.05, 0) is 88.8 Å². The van der Waals surface area contributed by atoms with E-state index in [9.17, 15) is 13.2 Å². The van der Waals surface area contributed by atoms with E-state index in [1.807, 2.05) is 13.8 Å². The fraction of sp³-hybridized carbons (Fsp3) is 0.406. The Morgan fingerprint density at radius 3 is 2.32 bits per heavy atom. The van der Waals surface area contributed by atoms with Crippen molar-refractivity contribution in [3.05, 3.63) is 92.5 Å². The summed E-state index contributed by atoms with van der Waals surface area (Å²) in [7, 11) is 0. The highest BCUT2D eigenvalue weighted by atomic mass is 35.5. The van der Waals surface area contributed by atoms with Crippen molar-refractivity contribution in [2.45, 2.75) is 87.0 Å². The van der Waals surface area contributed by atoms with Gasteiger partial charge in [0.05, 0.1) is 5.02 Å². The average molecular weight is 545 g/mol. The molecule has 2 aromatic carbocycles. The Morgan fingerprint density at radius 2 is 1.71 bits per heavy atom. The van der Waals surface area contributed by atoms with Crippen LogP contribution in [0.15, 0.2) is 58.2 Å². The Labute approximate surface area is 230 Å². The van der Waals surface area contributed by atoms with Crippen molar-refractivity contribution in [1.82, 2.24) is 4.98 Å². The number of nitrogens with zero attached hydrogens (tertiary/aromatic N) is 1. The highest BCUT2D eigenvalue weighted by molar-refractivity contribution is 6.31. The Hall–Kier alpha value is -2.79. The first-order valence-corrected chi connectivity index (χ1v) is 13.6. The van der Waals surface area contributed by atoms with Gasteiger partial charge in [-0.1, -0.05) is 62.6 Å². The summed E-state index contributed by atoms with van der Waals surface area (Å²) in [4.78, 5) is 7.71. The Balaban J connectivity index is 0.000000332. The topological polar surface area (TPSA) is 28.1 Å². The van der Waals surface area contributed by atoms with E-state index in [-0.39, 0.29) is 10.6 Å². The lowest BCUT2D eigenvalue weighted by molar-refractivity contribution is 0.495. The zero-order valence-electron chi connectivity index (χ0n) is 23.8. The molecule has 0 saturated heterocycles. The second-order valence-corrected chi connectivity index (χ2v) is 10.3. The summed E-state index contributed by atoms with van der Waals surface area (Å²) >= 11 is 5.95. The van der Waals surface area contributed by atoms with Crippen molar-refractivity contribution in [3.63, 3.8) is 0 Å². The van der Waals surface area contributed by atoms with Gasteiger partial charge in [-0.15, -0.1) is 0 Å². The molecule has 0 aliphatic heterocycles. The standard InChI is InChI=1S/C20H19ClF3N.C12H21N/c1-3-4-6-13-14-9-15(21)17(23)10-18(14)25-20(13)11(2)12-7-5-8-16(22)19(12)24;1-7-8-10(4)13-12(6)11(5)9(2)3/h5,7-11,25H,3-4,6H2,1-2H3;8H,7H2,1-6H3/b;10-8+,13-12?. The van der Waals surface area contributed by atoms with Crippen LogP contribution in [0.25, 0.3) is 10.9 Å². The molecule has 1 unspecified atom stereocenters. The minimum absolute atomic E-state index is 0.0559. The fourth-order valence-electron chi connectivity index (χ4n) is 4.32. The number of fused-ring (bicyclic) bond motifs is 1. The van der Waals surface area contributed by atoms with Crippen LogP contribution in [0.5, 0.6) is 0 Å². The first kappa shape index (κ1) is 31.4. The van der Waals surface area contributed by atoms with Gasteiger partial charge in [0.15, 0.2) is 11.6 Å². The first-order chi connectivity index (χ1) is 17.9. The minimum atomic E-state index is -0.871. The van der Waals surface area contributed by atoms with E-state index < -0.39 is 23.4 Å². The quantitative estimate of drug-likeness (QED) is 0.273. The summed E-state index contributed by atoms with van der Waals surface area (Å²) in [5.74, 6) is -2.62. The van der Waals surface area contributed by atoms with E-state index >= 15 is 0 Å². The van der Waals surface area contributed by atoms with Gasteiger partial charge in [0.25, 0.3) is 0 Å². The Bertz CT molecular complexity index is 1340. The summed E-state index contributed by atoms with van der Waals surface area (Å²) in [5.41, 5.74) is 7.52. The number of aliphatic imine (C=N–C) groups is 1. The molecular formula is C32H40ClF3N2. The van der Waals surface area contributed by atoms with Crippen LogP contribution in [0, 0.1) is 17.5 Å². The van der Waals surface area contributed by atoms with Crippen molar-refractivity contribution < 1.29 is 13.2 Å². The van der Waals surface area contributed by atoms with Crippen LogP contribution in [0.1, 0.15) is 97.4 Å². The monoisotopic (exact) mass is 544 g/mol. The zero-order chi connectivity index (χ0) is 28.6. The highest BCUT2D eigenvalue weighted by Crippen LogP contribution is 2.36. The third-order valence-corrected chi connectivity index (χ3v) is 7.07. The number of hydrogen-bond acceptors (Lipinski definition) is 1. The molecule has 206 valence electrons. The molecule has 3 aromatic rings. The molecule has 0 saturated carbocycles. The molecule has 1 atom stereocenters. The van der Waals surface area contributed by atoms with Crippen molar-refractivity contribution >= 4 is 28.2 Å². The summed E-state index contributed by atoms with van der Waals surface area (Å²) in [5, 5.41) is 0.888. The van der Waals surface area contributed by atoms with E-state index in [0.29, 0.717) is 5.52 Å². The molecule has 0 bridgehead atoms. The maximum atomic E-state index is 14.2. The molecule has 1 N–H and O–H groups in total. The van der Waals surface area contributed by atoms with Gasteiger partial charge in [-0.25, -0.2) is 13.2 Å². The number of unbranched alkanes of at least 4 members (excludes halogenated alkanes) is 1. The molecule has 0 radical (unpaired) electrons. The number of nitrogens with one attached hydrogen (secondary N) is 1. The maximum absolute atomic E-state index is 14.2. The van der Waals surface area contributed by atoms with Gasteiger partial charge in [-0.3, -0.25) is 4.99 Å². The number of H-pyrrole nitrogens is 1. The molecule has 0 aliphatic rings. The number of aryl methyl sites for hydroxylation is 1. The molecule has 0 aliphatic carbocycles. The first-order valence-electron chi connectivity index (χ1n) is 13.2. The lowest BCUT2D eigenvalue weighted by atomic mass is 9.92. The van der Waals surface area contributed by atoms with Crippen LogP contribution in [-0.2, 0) is 6.42 Å². The zero-order valence-corrected chi connectivity index (χ0v) is 24.6. The van der Waals surface area contributed by atoms with Gasteiger partial charge in [0.1, 0.15) is 5.82 Å². The molecule has 2 nitrogen and oxygen atoms in total. The number of rotatable bonds is 8. The predicted octanol–water partition coefficient (Wildman–Crippen LogP) is 10.9. The van der Waals surface area contributed by atoms with E-state index in [1.54, 1.807) is 12.1 Å². The maximum Gasteiger partial charge on any atom is 0.162 e. The van der Waals surface area contributed by atoms with Gasteiger partial charge >= 0.3 is 0 Å². The van der Waals surface area contributed by atoms with Crippen LogP contribution in [0.4, 0.5) is 13.2 Å². The molecular weight excluding hydrogens is 505 g/mol. The summed E-state index contributed by atoms with van der Waals surface area (Å²) < 4.78 is 41.7. The van der Waals surface area contributed by atoms with Crippen molar-refractivity contribution in [2.24, 2.45) is 4.99 Å². The summed E-state index contributed by atoms with van der Waals surface area (Å²) in [6, 6.07) is 7.13. The third kappa shape index (κ3) is 7.86. The predicted molar refractivity (Wildman–Crippen MR) is 157 cm³/mol. The summed E-state index contributed by atoms with van der Waals surface area (Å²) in [6.45, 7) is 16.5. The molecule has 0 fully saturated rings. The molecule has 38 heavy (non-hydrogen) atoms. The minimum Gasteiger partial charge on any atom is -0.358 e. The fourth-order valence-corrected chi connectivity index (χ4v) is 4.48. The van der Waals surface area contributed by atoms with Crippen molar-refractivity contribution in [1.29, 1.82) is 0 Å². The van der Waals surface area contributed by atoms with E-state index in [1.165, 1.54) is 23.3 Å². The summed E-state index contributed by atoms with van der Waals surface area (Å²) in [6.07, 6.45) is 5.88.